The molecule has 120 valence electrons. The fourth-order valence-electron chi connectivity index (χ4n) is 3.27. The summed E-state index contributed by atoms with van der Waals surface area (Å²) in [6, 6.07) is 3.57. The van der Waals surface area contributed by atoms with Crippen molar-refractivity contribution in [3.8, 4) is 0 Å². The Kier molecular flexibility index (Phi) is 5.03. The molecular formula is C16H21ClN2O2S. The molecule has 2 aliphatic rings. The zero-order valence-corrected chi connectivity index (χ0v) is 14.2. The van der Waals surface area contributed by atoms with Crippen molar-refractivity contribution in [3.05, 3.63) is 21.3 Å². The molecule has 2 amide bonds. The number of halogens is 1. The van der Waals surface area contributed by atoms with E-state index < -0.39 is 0 Å². The Morgan fingerprint density at radius 1 is 1.23 bits per heavy atom. The normalized spacial score (nSPS) is 20.5. The predicted octanol–water partition coefficient (Wildman–Crippen LogP) is 3.27. The summed E-state index contributed by atoms with van der Waals surface area (Å²) in [7, 11) is 0. The summed E-state index contributed by atoms with van der Waals surface area (Å²) >= 11 is 7.24. The van der Waals surface area contributed by atoms with Gasteiger partial charge in [0.1, 0.15) is 0 Å². The van der Waals surface area contributed by atoms with Gasteiger partial charge < -0.3 is 9.80 Å². The first-order valence-corrected chi connectivity index (χ1v) is 9.15. The molecule has 0 aromatic carbocycles. The third kappa shape index (κ3) is 3.63. The van der Waals surface area contributed by atoms with E-state index >= 15 is 0 Å². The van der Waals surface area contributed by atoms with Crippen molar-refractivity contribution < 1.29 is 9.59 Å². The van der Waals surface area contributed by atoms with Gasteiger partial charge in [-0.2, -0.15) is 0 Å². The van der Waals surface area contributed by atoms with Gasteiger partial charge in [-0.1, -0.05) is 11.6 Å². The first-order valence-electron chi connectivity index (χ1n) is 7.96. The maximum atomic E-state index is 12.4. The van der Waals surface area contributed by atoms with Gasteiger partial charge in [0.2, 0.25) is 5.91 Å². The average Bonchev–Trinajstić information content (AvgIpc) is 2.96. The molecule has 0 bridgehead atoms. The Morgan fingerprint density at radius 3 is 2.64 bits per heavy atom. The number of amides is 2. The van der Waals surface area contributed by atoms with Crippen LogP contribution in [0, 0.1) is 5.92 Å². The highest BCUT2D eigenvalue weighted by Crippen LogP contribution is 2.26. The fraction of sp³-hybridized carbons (Fsp3) is 0.625. The van der Waals surface area contributed by atoms with E-state index in [0.717, 1.165) is 56.7 Å². The number of rotatable bonds is 3. The van der Waals surface area contributed by atoms with Crippen LogP contribution in [0.25, 0.3) is 0 Å². The lowest BCUT2D eigenvalue weighted by atomic mass is 9.95. The molecule has 2 aliphatic heterocycles. The van der Waals surface area contributed by atoms with Gasteiger partial charge in [-0.25, -0.2) is 0 Å². The summed E-state index contributed by atoms with van der Waals surface area (Å²) in [5.41, 5.74) is 0. The van der Waals surface area contributed by atoms with Gasteiger partial charge in [0.25, 0.3) is 5.91 Å². The molecule has 2 saturated heterocycles. The number of nitrogens with zero attached hydrogens (tertiary/aromatic N) is 2. The number of hydrogen-bond donors (Lipinski definition) is 0. The van der Waals surface area contributed by atoms with E-state index in [1.54, 1.807) is 12.1 Å². The monoisotopic (exact) mass is 340 g/mol. The van der Waals surface area contributed by atoms with E-state index in [1.165, 1.54) is 11.3 Å². The minimum absolute atomic E-state index is 0.0874. The second-order valence-corrected chi connectivity index (χ2v) is 7.85. The Bertz CT molecular complexity index is 552. The third-order valence-corrected chi connectivity index (χ3v) is 5.80. The topological polar surface area (TPSA) is 40.6 Å². The zero-order chi connectivity index (χ0) is 15.5. The molecule has 2 fully saturated rings. The Labute approximate surface area is 140 Å². The summed E-state index contributed by atoms with van der Waals surface area (Å²) in [5, 5.41) is 0. The highest BCUT2D eigenvalue weighted by molar-refractivity contribution is 7.17. The van der Waals surface area contributed by atoms with Crippen LogP contribution in [0.15, 0.2) is 12.1 Å². The van der Waals surface area contributed by atoms with Crippen LogP contribution in [0.1, 0.15) is 41.8 Å². The second kappa shape index (κ2) is 7.01. The molecule has 3 heterocycles. The van der Waals surface area contributed by atoms with Gasteiger partial charge in [-0.15, -0.1) is 11.3 Å². The van der Waals surface area contributed by atoms with Gasteiger partial charge in [-0.05, 0) is 43.7 Å². The zero-order valence-electron chi connectivity index (χ0n) is 12.6. The Morgan fingerprint density at radius 2 is 2.00 bits per heavy atom. The third-order valence-electron chi connectivity index (χ3n) is 4.59. The standard InChI is InChI=1S/C16H21ClN2O2S/c17-14-5-4-13(22-14)16(21)18-9-6-12(7-10-18)11-19-8-2-1-3-15(19)20/h4-5,12H,1-3,6-11H2. The number of piperidine rings is 2. The number of likely N-dealkylation sites (tertiary alicyclic amines) is 2. The summed E-state index contributed by atoms with van der Waals surface area (Å²) < 4.78 is 0.654. The van der Waals surface area contributed by atoms with Crippen LogP contribution in [-0.4, -0.2) is 47.8 Å². The molecule has 0 aliphatic carbocycles. The van der Waals surface area contributed by atoms with Gasteiger partial charge >= 0.3 is 0 Å². The van der Waals surface area contributed by atoms with Crippen LogP contribution in [0.3, 0.4) is 0 Å². The van der Waals surface area contributed by atoms with Crippen molar-refractivity contribution in [2.24, 2.45) is 5.92 Å². The highest BCUT2D eigenvalue weighted by Gasteiger charge is 2.27. The minimum Gasteiger partial charge on any atom is -0.342 e. The molecule has 0 radical (unpaired) electrons. The van der Waals surface area contributed by atoms with E-state index in [-0.39, 0.29) is 5.91 Å². The van der Waals surface area contributed by atoms with Crippen LogP contribution in [0.2, 0.25) is 4.34 Å². The molecule has 3 rings (SSSR count). The molecule has 0 saturated carbocycles. The summed E-state index contributed by atoms with van der Waals surface area (Å²) in [5.74, 6) is 0.917. The predicted molar refractivity (Wildman–Crippen MR) is 88.4 cm³/mol. The molecule has 22 heavy (non-hydrogen) atoms. The summed E-state index contributed by atoms with van der Waals surface area (Å²) in [4.78, 5) is 28.9. The molecule has 1 aromatic rings. The lowest BCUT2D eigenvalue weighted by Crippen LogP contribution is -2.44. The van der Waals surface area contributed by atoms with Crippen molar-refractivity contribution in [1.82, 2.24) is 9.80 Å². The number of carbonyl (C=O) groups excluding carboxylic acids is 2. The van der Waals surface area contributed by atoms with E-state index in [2.05, 4.69) is 0 Å². The second-order valence-electron chi connectivity index (χ2n) is 6.14. The number of thiophene rings is 1. The van der Waals surface area contributed by atoms with Crippen LogP contribution < -0.4 is 0 Å². The largest absolute Gasteiger partial charge is 0.342 e. The Hall–Kier alpha value is -1.07. The average molecular weight is 341 g/mol. The number of hydrogen-bond acceptors (Lipinski definition) is 3. The molecule has 0 N–H and O–H groups in total. The summed E-state index contributed by atoms with van der Waals surface area (Å²) in [6.07, 6.45) is 4.83. The molecule has 0 atom stereocenters. The number of carbonyl (C=O) groups is 2. The minimum atomic E-state index is 0.0874. The first-order chi connectivity index (χ1) is 10.6. The molecule has 6 heteroatoms. The molecule has 4 nitrogen and oxygen atoms in total. The van der Waals surface area contributed by atoms with Crippen molar-refractivity contribution in [2.45, 2.75) is 32.1 Å². The van der Waals surface area contributed by atoms with E-state index in [0.29, 0.717) is 22.6 Å². The van der Waals surface area contributed by atoms with Crippen molar-refractivity contribution >= 4 is 34.8 Å². The highest BCUT2D eigenvalue weighted by atomic mass is 35.5. The Balaban J connectivity index is 1.50. The van der Waals surface area contributed by atoms with Crippen LogP contribution >= 0.6 is 22.9 Å². The summed E-state index contributed by atoms with van der Waals surface area (Å²) in [6.45, 7) is 3.33. The van der Waals surface area contributed by atoms with Crippen LogP contribution in [-0.2, 0) is 4.79 Å². The van der Waals surface area contributed by atoms with Crippen molar-refractivity contribution in [1.29, 1.82) is 0 Å². The molecule has 0 spiro atoms. The fourth-order valence-corrected chi connectivity index (χ4v) is 4.28. The van der Waals surface area contributed by atoms with Crippen LogP contribution in [0.4, 0.5) is 0 Å². The van der Waals surface area contributed by atoms with Gasteiger partial charge in [-0.3, -0.25) is 9.59 Å². The van der Waals surface area contributed by atoms with E-state index in [4.69, 9.17) is 11.6 Å². The van der Waals surface area contributed by atoms with Gasteiger partial charge in [0.15, 0.2) is 0 Å². The SMILES string of the molecule is O=C1CCCCN1CC1CCN(C(=O)c2ccc(Cl)s2)CC1. The van der Waals surface area contributed by atoms with E-state index in [1.807, 2.05) is 9.80 Å². The first kappa shape index (κ1) is 15.8. The quantitative estimate of drug-likeness (QED) is 0.847. The van der Waals surface area contributed by atoms with Crippen LogP contribution in [0.5, 0.6) is 0 Å². The molecule has 0 unspecified atom stereocenters. The molecular weight excluding hydrogens is 320 g/mol. The van der Waals surface area contributed by atoms with Gasteiger partial charge in [0.05, 0.1) is 9.21 Å². The smallest absolute Gasteiger partial charge is 0.263 e. The van der Waals surface area contributed by atoms with E-state index in [9.17, 15) is 9.59 Å². The van der Waals surface area contributed by atoms with Gasteiger partial charge in [0, 0.05) is 32.6 Å². The molecule has 1 aromatic heterocycles. The van der Waals surface area contributed by atoms with Crippen molar-refractivity contribution in [2.75, 3.05) is 26.2 Å². The van der Waals surface area contributed by atoms with Crippen molar-refractivity contribution in [3.63, 3.8) is 0 Å². The lowest BCUT2D eigenvalue weighted by molar-refractivity contribution is -0.134. The maximum absolute atomic E-state index is 12.4. The lowest BCUT2D eigenvalue weighted by Gasteiger charge is -2.36. The maximum Gasteiger partial charge on any atom is 0.263 e.